The van der Waals surface area contributed by atoms with Crippen molar-refractivity contribution in [1.82, 2.24) is 10.6 Å². The standard InChI is InChI=1S/C14H18N2O4S/c1-2-21(19,20)11-5-3-10(4-6-11)9-15-14(18)12-7-8-13(17)16-12/h3-6,12H,2,7-9H2,1H3,(H,15,18)(H,16,17). The molecule has 0 saturated carbocycles. The van der Waals surface area contributed by atoms with E-state index in [4.69, 9.17) is 0 Å². The number of hydrogen-bond acceptors (Lipinski definition) is 4. The lowest BCUT2D eigenvalue weighted by molar-refractivity contribution is -0.125. The normalized spacial score (nSPS) is 18.3. The second kappa shape index (κ2) is 6.26. The Morgan fingerprint density at radius 2 is 2.00 bits per heavy atom. The Hall–Kier alpha value is -1.89. The monoisotopic (exact) mass is 310 g/mol. The van der Waals surface area contributed by atoms with Crippen molar-refractivity contribution in [3.8, 4) is 0 Å². The Kier molecular flexibility index (Phi) is 4.62. The zero-order chi connectivity index (χ0) is 15.5. The minimum absolute atomic E-state index is 0.0600. The number of rotatable bonds is 5. The first-order valence-electron chi connectivity index (χ1n) is 6.81. The van der Waals surface area contributed by atoms with E-state index in [0.29, 0.717) is 19.4 Å². The SMILES string of the molecule is CCS(=O)(=O)c1ccc(CNC(=O)C2CCC(=O)N2)cc1. The van der Waals surface area contributed by atoms with Crippen LogP contribution < -0.4 is 10.6 Å². The molecule has 6 nitrogen and oxygen atoms in total. The van der Waals surface area contributed by atoms with Crippen LogP contribution in [0.3, 0.4) is 0 Å². The fourth-order valence-electron chi connectivity index (χ4n) is 2.10. The number of sulfone groups is 1. The van der Waals surface area contributed by atoms with Gasteiger partial charge in [-0.15, -0.1) is 0 Å². The molecule has 0 spiro atoms. The summed E-state index contributed by atoms with van der Waals surface area (Å²) in [7, 11) is -3.20. The molecular formula is C14H18N2O4S. The van der Waals surface area contributed by atoms with Crippen molar-refractivity contribution >= 4 is 21.7 Å². The van der Waals surface area contributed by atoms with Gasteiger partial charge >= 0.3 is 0 Å². The molecule has 1 aromatic carbocycles. The largest absolute Gasteiger partial charge is 0.350 e. The van der Waals surface area contributed by atoms with Gasteiger partial charge in [0.05, 0.1) is 10.6 Å². The Balaban J connectivity index is 1.92. The summed E-state index contributed by atoms with van der Waals surface area (Å²) >= 11 is 0. The lowest BCUT2D eigenvalue weighted by Crippen LogP contribution is -2.41. The van der Waals surface area contributed by atoms with Gasteiger partial charge < -0.3 is 10.6 Å². The molecule has 1 aliphatic heterocycles. The van der Waals surface area contributed by atoms with Crippen LogP contribution in [0.1, 0.15) is 25.3 Å². The lowest BCUT2D eigenvalue weighted by Gasteiger charge is -2.11. The van der Waals surface area contributed by atoms with Crippen molar-refractivity contribution in [1.29, 1.82) is 0 Å². The van der Waals surface area contributed by atoms with Crippen molar-refractivity contribution < 1.29 is 18.0 Å². The molecule has 0 bridgehead atoms. The highest BCUT2D eigenvalue weighted by atomic mass is 32.2. The predicted octanol–water partition coefficient (Wildman–Crippen LogP) is 0.375. The maximum absolute atomic E-state index is 11.8. The zero-order valence-electron chi connectivity index (χ0n) is 11.8. The van der Waals surface area contributed by atoms with E-state index in [9.17, 15) is 18.0 Å². The van der Waals surface area contributed by atoms with Gasteiger partial charge in [0, 0.05) is 13.0 Å². The maximum Gasteiger partial charge on any atom is 0.242 e. The quantitative estimate of drug-likeness (QED) is 0.822. The van der Waals surface area contributed by atoms with E-state index < -0.39 is 15.9 Å². The van der Waals surface area contributed by atoms with Gasteiger partial charge in [0.2, 0.25) is 11.8 Å². The summed E-state index contributed by atoms with van der Waals surface area (Å²) in [6.07, 6.45) is 0.889. The number of carbonyl (C=O) groups excluding carboxylic acids is 2. The molecule has 2 rings (SSSR count). The van der Waals surface area contributed by atoms with Gasteiger partial charge in [0.1, 0.15) is 6.04 Å². The minimum Gasteiger partial charge on any atom is -0.350 e. The molecule has 2 N–H and O–H groups in total. The van der Waals surface area contributed by atoms with Crippen molar-refractivity contribution in [2.24, 2.45) is 0 Å². The fraction of sp³-hybridized carbons (Fsp3) is 0.429. The summed E-state index contributed by atoms with van der Waals surface area (Å²) in [5.41, 5.74) is 0.808. The minimum atomic E-state index is -3.20. The van der Waals surface area contributed by atoms with Crippen LogP contribution in [-0.2, 0) is 26.0 Å². The topological polar surface area (TPSA) is 92.3 Å². The number of nitrogens with one attached hydrogen (secondary N) is 2. The first kappa shape index (κ1) is 15.5. The van der Waals surface area contributed by atoms with Gasteiger partial charge in [0.25, 0.3) is 0 Å². The summed E-state index contributed by atoms with van der Waals surface area (Å²) in [5.74, 6) is -0.264. The molecule has 1 heterocycles. The Bertz CT molecular complexity index is 637. The van der Waals surface area contributed by atoms with Crippen LogP contribution in [0.5, 0.6) is 0 Å². The molecule has 21 heavy (non-hydrogen) atoms. The lowest BCUT2D eigenvalue weighted by atomic mass is 10.2. The fourth-order valence-corrected chi connectivity index (χ4v) is 2.99. The highest BCUT2D eigenvalue weighted by molar-refractivity contribution is 7.91. The average molecular weight is 310 g/mol. The summed E-state index contributed by atoms with van der Waals surface area (Å²) in [6, 6.07) is 5.97. The molecule has 1 atom stereocenters. The van der Waals surface area contributed by atoms with Crippen molar-refractivity contribution in [2.75, 3.05) is 5.75 Å². The van der Waals surface area contributed by atoms with Gasteiger partial charge in [-0.1, -0.05) is 19.1 Å². The molecule has 1 aromatic rings. The van der Waals surface area contributed by atoms with Crippen LogP contribution in [0, 0.1) is 0 Å². The van der Waals surface area contributed by atoms with E-state index in [1.165, 1.54) is 12.1 Å². The maximum atomic E-state index is 11.8. The van der Waals surface area contributed by atoms with Crippen LogP contribution in [0.25, 0.3) is 0 Å². The molecule has 1 aliphatic rings. The van der Waals surface area contributed by atoms with Gasteiger partial charge in [-0.3, -0.25) is 9.59 Å². The van der Waals surface area contributed by atoms with Gasteiger partial charge in [-0.2, -0.15) is 0 Å². The first-order valence-corrected chi connectivity index (χ1v) is 8.46. The third kappa shape index (κ3) is 3.81. The zero-order valence-corrected chi connectivity index (χ0v) is 12.6. The number of hydrogen-bond donors (Lipinski definition) is 2. The van der Waals surface area contributed by atoms with Crippen LogP contribution >= 0.6 is 0 Å². The van der Waals surface area contributed by atoms with E-state index >= 15 is 0 Å². The summed E-state index contributed by atoms with van der Waals surface area (Å²) < 4.78 is 23.3. The smallest absolute Gasteiger partial charge is 0.242 e. The second-order valence-electron chi connectivity index (χ2n) is 4.92. The van der Waals surface area contributed by atoms with E-state index in [0.717, 1.165) is 5.56 Å². The molecule has 1 fully saturated rings. The van der Waals surface area contributed by atoms with Crippen LogP contribution in [0.4, 0.5) is 0 Å². The summed E-state index contributed by atoms with van der Waals surface area (Å²) in [4.78, 5) is 23.1. The number of carbonyl (C=O) groups is 2. The summed E-state index contributed by atoms with van der Waals surface area (Å²) in [6.45, 7) is 1.90. The van der Waals surface area contributed by atoms with Gasteiger partial charge in [0.15, 0.2) is 9.84 Å². The molecule has 1 saturated heterocycles. The number of amides is 2. The molecule has 0 aliphatic carbocycles. The van der Waals surface area contributed by atoms with Gasteiger partial charge in [-0.25, -0.2) is 8.42 Å². The van der Waals surface area contributed by atoms with Crippen LogP contribution in [0.2, 0.25) is 0 Å². The third-order valence-electron chi connectivity index (χ3n) is 3.44. The van der Waals surface area contributed by atoms with Crippen molar-refractivity contribution in [2.45, 2.75) is 37.2 Å². The highest BCUT2D eigenvalue weighted by Gasteiger charge is 2.26. The molecule has 2 amide bonds. The van der Waals surface area contributed by atoms with E-state index in [1.807, 2.05) is 0 Å². The van der Waals surface area contributed by atoms with Crippen LogP contribution in [-0.4, -0.2) is 32.0 Å². The predicted molar refractivity (Wildman–Crippen MR) is 77.2 cm³/mol. The molecule has 114 valence electrons. The molecule has 0 radical (unpaired) electrons. The Labute approximate surface area is 123 Å². The summed E-state index contributed by atoms with van der Waals surface area (Å²) in [5, 5.41) is 5.33. The second-order valence-corrected chi connectivity index (χ2v) is 7.20. The molecule has 1 unspecified atom stereocenters. The van der Waals surface area contributed by atoms with Gasteiger partial charge in [-0.05, 0) is 24.1 Å². The number of benzene rings is 1. The highest BCUT2D eigenvalue weighted by Crippen LogP contribution is 2.12. The molecular weight excluding hydrogens is 292 g/mol. The molecule has 0 aromatic heterocycles. The third-order valence-corrected chi connectivity index (χ3v) is 5.19. The van der Waals surface area contributed by atoms with E-state index in [1.54, 1.807) is 19.1 Å². The average Bonchev–Trinajstić information content (AvgIpc) is 2.92. The van der Waals surface area contributed by atoms with Crippen LogP contribution in [0.15, 0.2) is 29.2 Å². The van der Waals surface area contributed by atoms with E-state index in [-0.39, 0.29) is 22.5 Å². The van der Waals surface area contributed by atoms with Crippen molar-refractivity contribution in [3.05, 3.63) is 29.8 Å². The molecule has 7 heteroatoms. The Morgan fingerprint density at radius 3 is 2.52 bits per heavy atom. The Morgan fingerprint density at radius 1 is 1.33 bits per heavy atom. The van der Waals surface area contributed by atoms with Crippen molar-refractivity contribution in [3.63, 3.8) is 0 Å². The first-order chi connectivity index (χ1) is 9.92. The van der Waals surface area contributed by atoms with E-state index in [2.05, 4.69) is 10.6 Å².